The monoisotopic (exact) mass is 520 g/mol. The van der Waals surface area contributed by atoms with E-state index in [1.807, 2.05) is 0 Å². The van der Waals surface area contributed by atoms with E-state index in [-0.39, 0.29) is 17.0 Å². The second-order valence-corrected chi connectivity index (χ2v) is 7.93. The zero-order valence-corrected chi connectivity index (χ0v) is 21.9. The molecule has 0 aliphatic heterocycles. The fraction of sp³-hybridized carbons (Fsp3) is 0.231. The van der Waals surface area contributed by atoms with Crippen molar-refractivity contribution in [2.45, 2.75) is 0 Å². The van der Waals surface area contributed by atoms with Gasteiger partial charge in [0.05, 0.1) is 53.8 Å². The average Bonchev–Trinajstić information content (AvgIpc) is 3.43. The molecule has 0 unspecified atom stereocenters. The van der Waals surface area contributed by atoms with Crippen LogP contribution in [0.4, 0.5) is 0 Å². The first-order chi connectivity index (χ1) is 18.0. The minimum Gasteiger partial charge on any atom is -0.493 e. The number of allylic oxidation sites excluding steroid dienone is 2. The molecule has 0 amide bonds. The highest BCUT2D eigenvalue weighted by atomic mass is 32.1. The van der Waals surface area contributed by atoms with Gasteiger partial charge in [0.15, 0.2) is 33.8 Å². The predicted molar refractivity (Wildman–Crippen MR) is 139 cm³/mol. The smallest absolute Gasteiger partial charge is 0.203 e. The van der Waals surface area contributed by atoms with Crippen molar-refractivity contribution in [3.63, 3.8) is 0 Å². The number of methoxy groups -OCH3 is 6. The molecule has 3 rings (SSSR count). The van der Waals surface area contributed by atoms with Gasteiger partial charge in [-0.15, -0.1) is 0 Å². The Kier molecular flexibility index (Phi) is 8.92. The summed E-state index contributed by atoms with van der Waals surface area (Å²) in [5.41, 5.74) is 1.71. The molecule has 1 heterocycles. The van der Waals surface area contributed by atoms with E-state index in [4.69, 9.17) is 28.4 Å². The van der Waals surface area contributed by atoms with Gasteiger partial charge in [0.25, 0.3) is 0 Å². The Morgan fingerprint density at radius 3 is 1.43 bits per heavy atom. The second-order valence-electron chi connectivity index (χ2n) is 7.18. The van der Waals surface area contributed by atoms with Gasteiger partial charge >= 0.3 is 0 Å². The number of hydrogen-bond donors (Lipinski definition) is 0. The molecule has 0 aliphatic rings. The van der Waals surface area contributed by atoms with E-state index in [0.29, 0.717) is 50.6 Å². The summed E-state index contributed by atoms with van der Waals surface area (Å²) in [7, 11) is 9.06. The van der Waals surface area contributed by atoms with Crippen LogP contribution >= 0.6 is 11.5 Å². The summed E-state index contributed by atoms with van der Waals surface area (Å²) < 4.78 is 36.5. The molecule has 0 aliphatic carbocycles. The van der Waals surface area contributed by atoms with Crippen LogP contribution in [-0.2, 0) is 0 Å². The summed E-state index contributed by atoms with van der Waals surface area (Å²) in [5, 5.41) is 20.0. The van der Waals surface area contributed by atoms with E-state index in [1.54, 1.807) is 36.4 Å². The van der Waals surface area contributed by atoms with E-state index >= 15 is 0 Å². The average molecular weight is 521 g/mol. The van der Waals surface area contributed by atoms with E-state index < -0.39 is 0 Å². The van der Waals surface area contributed by atoms with Crippen molar-refractivity contribution < 1.29 is 28.4 Å². The Balaban J connectivity index is 2.02. The fourth-order valence-electron chi connectivity index (χ4n) is 3.43. The van der Waals surface area contributed by atoms with Crippen molar-refractivity contribution in [1.82, 2.24) is 9.36 Å². The molecule has 0 N–H and O–H groups in total. The molecule has 3 aromatic rings. The highest BCUT2D eigenvalue weighted by molar-refractivity contribution is 7.06. The molecule has 0 radical (unpaired) electrons. The van der Waals surface area contributed by atoms with Gasteiger partial charge in [-0.05, 0) is 59.1 Å². The van der Waals surface area contributed by atoms with Crippen molar-refractivity contribution in [3.05, 3.63) is 46.2 Å². The molecule has 10 nitrogen and oxygen atoms in total. The Labute approximate surface area is 218 Å². The highest BCUT2D eigenvalue weighted by Gasteiger charge is 2.17. The van der Waals surface area contributed by atoms with Gasteiger partial charge in [-0.3, -0.25) is 0 Å². The van der Waals surface area contributed by atoms with E-state index in [1.165, 1.54) is 42.7 Å². The van der Waals surface area contributed by atoms with Crippen molar-refractivity contribution in [3.8, 4) is 46.6 Å². The number of ether oxygens (including phenoxy) is 6. The van der Waals surface area contributed by atoms with Crippen LogP contribution in [0.25, 0.3) is 23.3 Å². The first kappa shape index (κ1) is 26.9. The maximum atomic E-state index is 9.81. The number of aromatic nitrogens is 2. The number of nitriles is 2. The molecule has 0 atom stereocenters. The van der Waals surface area contributed by atoms with E-state index in [9.17, 15) is 10.5 Å². The minimum atomic E-state index is 0.183. The zero-order chi connectivity index (χ0) is 26.9. The molecule has 190 valence electrons. The Hall–Kier alpha value is -4.74. The largest absolute Gasteiger partial charge is 0.493 e. The van der Waals surface area contributed by atoms with Crippen molar-refractivity contribution in [1.29, 1.82) is 10.5 Å². The molecule has 0 fully saturated rings. The Morgan fingerprint density at radius 2 is 1.08 bits per heavy atom. The molecule has 1 aromatic heterocycles. The molecule has 0 saturated heterocycles. The lowest BCUT2D eigenvalue weighted by molar-refractivity contribution is 0.324. The topological polar surface area (TPSA) is 129 Å². The summed E-state index contributed by atoms with van der Waals surface area (Å²) >= 11 is 1.00. The van der Waals surface area contributed by atoms with Gasteiger partial charge < -0.3 is 28.4 Å². The van der Waals surface area contributed by atoms with E-state index in [2.05, 4.69) is 21.5 Å². The number of benzene rings is 2. The third kappa shape index (κ3) is 5.74. The molecule has 11 heteroatoms. The summed E-state index contributed by atoms with van der Waals surface area (Å²) in [6, 6.07) is 11.1. The third-order valence-electron chi connectivity index (χ3n) is 5.13. The molecular weight excluding hydrogens is 496 g/mol. The molecule has 2 aromatic carbocycles. The minimum absolute atomic E-state index is 0.183. The first-order valence-electron chi connectivity index (χ1n) is 10.6. The SMILES string of the molecule is COc1cc(/C=C(\C#N)c2nsc(/C(C#N)=C/c3cc(OC)c(OC)c(OC)c3)n2)cc(OC)c1OC. The molecular formula is C26H24N4O6S. The maximum absolute atomic E-state index is 9.81. The van der Waals surface area contributed by atoms with Gasteiger partial charge in [0.1, 0.15) is 12.1 Å². The van der Waals surface area contributed by atoms with Crippen molar-refractivity contribution in [2.75, 3.05) is 42.7 Å². The number of hydrogen-bond acceptors (Lipinski definition) is 11. The van der Waals surface area contributed by atoms with Crippen LogP contribution in [0.5, 0.6) is 34.5 Å². The Morgan fingerprint density at radius 1 is 0.676 bits per heavy atom. The normalized spacial score (nSPS) is 11.2. The number of rotatable bonds is 10. The van der Waals surface area contributed by atoms with Gasteiger partial charge in [-0.25, -0.2) is 4.98 Å². The van der Waals surface area contributed by atoms with Gasteiger partial charge in [0, 0.05) is 0 Å². The van der Waals surface area contributed by atoms with Crippen LogP contribution < -0.4 is 28.4 Å². The first-order valence-corrected chi connectivity index (χ1v) is 11.4. The summed E-state index contributed by atoms with van der Waals surface area (Å²) in [4.78, 5) is 4.43. The predicted octanol–water partition coefficient (Wildman–Crippen LogP) is 4.72. The van der Waals surface area contributed by atoms with Gasteiger partial charge in [0.2, 0.25) is 11.5 Å². The van der Waals surface area contributed by atoms with Crippen LogP contribution in [0, 0.1) is 22.7 Å². The van der Waals surface area contributed by atoms with Crippen LogP contribution in [0.15, 0.2) is 24.3 Å². The van der Waals surface area contributed by atoms with Crippen LogP contribution in [0.2, 0.25) is 0 Å². The number of nitrogens with zero attached hydrogens (tertiary/aromatic N) is 4. The summed E-state index contributed by atoms with van der Waals surface area (Å²) in [5.74, 6) is 2.84. The standard InChI is InChI=1S/C26H24N4O6S/c1-31-19-9-15(10-20(32-2)23(19)35-5)7-17(13-27)25-29-26(37-30-25)18(14-28)8-16-11-21(33-3)24(36-6)22(12-16)34-4/h7-12H,1-6H3/b17-7+,18-8+. The van der Waals surface area contributed by atoms with Crippen molar-refractivity contribution in [2.24, 2.45) is 0 Å². The van der Waals surface area contributed by atoms with Gasteiger partial charge in [-0.2, -0.15) is 14.9 Å². The summed E-state index contributed by atoms with van der Waals surface area (Å²) in [6.45, 7) is 0. The molecule has 0 spiro atoms. The Bertz CT molecular complexity index is 1280. The third-order valence-corrected chi connectivity index (χ3v) is 5.88. The van der Waals surface area contributed by atoms with E-state index in [0.717, 1.165) is 11.5 Å². The molecule has 37 heavy (non-hydrogen) atoms. The lowest BCUT2D eigenvalue weighted by Crippen LogP contribution is -1.96. The quantitative estimate of drug-likeness (QED) is 0.346. The summed E-state index contributed by atoms with van der Waals surface area (Å²) in [6.07, 6.45) is 3.23. The van der Waals surface area contributed by atoms with Crippen LogP contribution in [0.3, 0.4) is 0 Å². The lowest BCUT2D eigenvalue weighted by atomic mass is 10.1. The maximum Gasteiger partial charge on any atom is 0.203 e. The van der Waals surface area contributed by atoms with Crippen LogP contribution in [0.1, 0.15) is 22.0 Å². The van der Waals surface area contributed by atoms with Crippen LogP contribution in [-0.4, -0.2) is 52.0 Å². The van der Waals surface area contributed by atoms with Crippen molar-refractivity contribution >= 4 is 34.8 Å². The fourth-order valence-corrected chi connectivity index (χ4v) is 4.08. The van der Waals surface area contributed by atoms with Gasteiger partial charge in [-0.1, -0.05) is 0 Å². The highest BCUT2D eigenvalue weighted by Crippen LogP contribution is 2.40. The molecule has 0 saturated carbocycles. The lowest BCUT2D eigenvalue weighted by Gasteiger charge is -2.13. The zero-order valence-electron chi connectivity index (χ0n) is 21.1. The molecule has 0 bridgehead atoms. The second kappa shape index (κ2) is 12.3.